The number of hydrogen-bond acceptors (Lipinski definition) is 3. The van der Waals surface area contributed by atoms with Crippen LogP contribution in [0.5, 0.6) is 11.5 Å². The molecule has 2 N–H and O–H groups in total. The molecule has 0 bridgehead atoms. The SMILES string of the molecule is Cc1c(C)c2c(c(C)c1OCCCN)CC[C@@](C)(CCC[C@H](C)CCC[C@H](C)CCCC(C)C)O2. The molecule has 35 heavy (non-hydrogen) atoms. The highest BCUT2D eigenvalue weighted by atomic mass is 16.5. The van der Waals surface area contributed by atoms with Gasteiger partial charge in [-0.2, -0.15) is 0 Å². The van der Waals surface area contributed by atoms with Crippen molar-refractivity contribution in [1.29, 1.82) is 0 Å². The van der Waals surface area contributed by atoms with E-state index in [9.17, 15) is 0 Å². The second kappa shape index (κ2) is 14.5. The van der Waals surface area contributed by atoms with Gasteiger partial charge >= 0.3 is 0 Å². The number of hydrogen-bond donors (Lipinski definition) is 1. The largest absolute Gasteiger partial charge is 0.493 e. The molecule has 3 heteroatoms. The molecule has 3 nitrogen and oxygen atoms in total. The molecule has 1 heterocycles. The molecular formula is C32H57NO2. The average Bonchev–Trinajstić information content (AvgIpc) is 2.79. The van der Waals surface area contributed by atoms with E-state index in [-0.39, 0.29) is 5.60 Å². The molecule has 0 spiro atoms. The number of ether oxygens (including phenoxy) is 2. The van der Waals surface area contributed by atoms with Gasteiger partial charge in [0.15, 0.2) is 0 Å². The average molecular weight is 488 g/mol. The van der Waals surface area contributed by atoms with Gasteiger partial charge in [0, 0.05) is 5.56 Å². The normalized spacial score (nSPS) is 19.4. The Morgan fingerprint density at radius 1 is 0.829 bits per heavy atom. The molecule has 0 aromatic heterocycles. The van der Waals surface area contributed by atoms with Crippen LogP contribution in [0.2, 0.25) is 0 Å². The van der Waals surface area contributed by atoms with Crippen LogP contribution in [0.1, 0.15) is 128 Å². The molecule has 0 aliphatic carbocycles. The van der Waals surface area contributed by atoms with Gasteiger partial charge in [0.1, 0.15) is 17.1 Å². The topological polar surface area (TPSA) is 44.5 Å². The molecule has 1 aliphatic heterocycles. The van der Waals surface area contributed by atoms with E-state index < -0.39 is 0 Å². The lowest BCUT2D eigenvalue weighted by Crippen LogP contribution is -2.37. The first kappa shape index (κ1) is 30.0. The summed E-state index contributed by atoms with van der Waals surface area (Å²) in [7, 11) is 0. The molecule has 0 fully saturated rings. The summed E-state index contributed by atoms with van der Waals surface area (Å²) in [6.07, 6.45) is 15.1. The molecular weight excluding hydrogens is 430 g/mol. The van der Waals surface area contributed by atoms with Gasteiger partial charge in [0.25, 0.3) is 0 Å². The van der Waals surface area contributed by atoms with Crippen molar-refractivity contribution in [2.45, 2.75) is 138 Å². The number of fused-ring (bicyclic) bond motifs is 1. The predicted molar refractivity (Wildman–Crippen MR) is 152 cm³/mol. The lowest BCUT2D eigenvalue weighted by molar-refractivity contribution is 0.0511. The summed E-state index contributed by atoms with van der Waals surface area (Å²) in [6.45, 7) is 19.8. The maximum atomic E-state index is 6.77. The molecule has 1 aliphatic rings. The zero-order chi connectivity index (χ0) is 26.0. The Morgan fingerprint density at radius 2 is 1.43 bits per heavy atom. The van der Waals surface area contributed by atoms with E-state index in [1.165, 1.54) is 73.6 Å². The van der Waals surface area contributed by atoms with E-state index in [2.05, 4.69) is 55.4 Å². The smallest absolute Gasteiger partial charge is 0.127 e. The zero-order valence-electron chi connectivity index (χ0n) is 24.5. The van der Waals surface area contributed by atoms with E-state index in [0.29, 0.717) is 13.2 Å². The fourth-order valence-corrected chi connectivity index (χ4v) is 5.73. The van der Waals surface area contributed by atoms with E-state index >= 15 is 0 Å². The fourth-order valence-electron chi connectivity index (χ4n) is 5.73. The maximum Gasteiger partial charge on any atom is 0.127 e. The van der Waals surface area contributed by atoms with Gasteiger partial charge in [-0.15, -0.1) is 0 Å². The number of nitrogens with two attached hydrogens (primary N) is 1. The van der Waals surface area contributed by atoms with Gasteiger partial charge in [-0.05, 0) is 101 Å². The van der Waals surface area contributed by atoms with Crippen molar-refractivity contribution in [1.82, 2.24) is 0 Å². The third-order valence-electron chi connectivity index (χ3n) is 8.43. The van der Waals surface area contributed by atoms with Crippen LogP contribution < -0.4 is 15.2 Å². The molecule has 0 unspecified atom stereocenters. The molecule has 1 aromatic rings. The summed E-state index contributed by atoms with van der Waals surface area (Å²) >= 11 is 0. The molecule has 0 amide bonds. The minimum Gasteiger partial charge on any atom is -0.493 e. The first-order valence-corrected chi connectivity index (χ1v) is 14.7. The van der Waals surface area contributed by atoms with Crippen LogP contribution in [-0.2, 0) is 6.42 Å². The Kier molecular flexibility index (Phi) is 12.4. The van der Waals surface area contributed by atoms with Gasteiger partial charge < -0.3 is 15.2 Å². The third kappa shape index (κ3) is 9.30. The van der Waals surface area contributed by atoms with Gasteiger partial charge in [0.2, 0.25) is 0 Å². The molecule has 0 saturated carbocycles. The monoisotopic (exact) mass is 487 g/mol. The van der Waals surface area contributed by atoms with E-state index in [1.54, 1.807) is 0 Å². The van der Waals surface area contributed by atoms with Crippen molar-refractivity contribution in [3.63, 3.8) is 0 Å². The highest BCUT2D eigenvalue weighted by molar-refractivity contribution is 5.59. The summed E-state index contributed by atoms with van der Waals surface area (Å²) < 4.78 is 12.9. The number of benzene rings is 1. The van der Waals surface area contributed by atoms with E-state index in [1.807, 2.05) is 0 Å². The number of rotatable bonds is 16. The van der Waals surface area contributed by atoms with Crippen molar-refractivity contribution in [3.05, 3.63) is 22.3 Å². The minimum absolute atomic E-state index is 0.0524. The van der Waals surface area contributed by atoms with Crippen LogP contribution in [0.3, 0.4) is 0 Å². The van der Waals surface area contributed by atoms with Crippen LogP contribution in [0.25, 0.3) is 0 Å². The van der Waals surface area contributed by atoms with Crippen LogP contribution in [-0.4, -0.2) is 18.8 Å². The van der Waals surface area contributed by atoms with Crippen molar-refractivity contribution < 1.29 is 9.47 Å². The van der Waals surface area contributed by atoms with Crippen LogP contribution in [0, 0.1) is 38.5 Å². The standard InChI is InChI=1S/C32H57NO2/c1-23(2)13-9-14-24(3)15-10-16-25(4)17-11-19-32(8)20-18-29-28(7)30(34-22-12-21-33)26(5)27(6)31(29)35-32/h23-25H,9-22,33H2,1-8H3/t24-,25-,32-/m1/s1. The van der Waals surface area contributed by atoms with Crippen LogP contribution in [0.4, 0.5) is 0 Å². The molecule has 1 aromatic carbocycles. The maximum absolute atomic E-state index is 6.77. The third-order valence-corrected chi connectivity index (χ3v) is 8.43. The Hall–Kier alpha value is -1.22. The molecule has 3 atom stereocenters. The second-order valence-corrected chi connectivity index (χ2v) is 12.4. The Bertz CT molecular complexity index is 772. The molecule has 202 valence electrons. The highest BCUT2D eigenvalue weighted by Gasteiger charge is 2.34. The lowest BCUT2D eigenvalue weighted by atomic mass is 9.83. The van der Waals surface area contributed by atoms with Gasteiger partial charge in [-0.25, -0.2) is 0 Å². The highest BCUT2D eigenvalue weighted by Crippen LogP contribution is 2.45. The Balaban J connectivity index is 1.81. The first-order chi connectivity index (χ1) is 16.6. The van der Waals surface area contributed by atoms with Crippen molar-refractivity contribution in [2.24, 2.45) is 23.5 Å². The van der Waals surface area contributed by atoms with Crippen molar-refractivity contribution >= 4 is 0 Å². The zero-order valence-corrected chi connectivity index (χ0v) is 24.5. The van der Waals surface area contributed by atoms with E-state index in [0.717, 1.165) is 54.9 Å². The molecule has 0 saturated heterocycles. The Labute approximate surface area is 217 Å². The van der Waals surface area contributed by atoms with E-state index in [4.69, 9.17) is 15.2 Å². The molecule has 2 rings (SSSR count). The predicted octanol–water partition coefficient (Wildman–Crippen LogP) is 8.86. The first-order valence-electron chi connectivity index (χ1n) is 14.7. The van der Waals surface area contributed by atoms with Crippen molar-refractivity contribution in [3.8, 4) is 11.5 Å². The van der Waals surface area contributed by atoms with Crippen molar-refractivity contribution in [2.75, 3.05) is 13.2 Å². The van der Waals surface area contributed by atoms with Gasteiger partial charge in [0.05, 0.1) is 6.61 Å². The summed E-state index contributed by atoms with van der Waals surface area (Å²) in [6, 6.07) is 0. The van der Waals surface area contributed by atoms with Gasteiger partial charge in [-0.3, -0.25) is 0 Å². The van der Waals surface area contributed by atoms with Crippen LogP contribution in [0.15, 0.2) is 0 Å². The summed E-state index contributed by atoms with van der Waals surface area (Å²) in [5, 5.41) is 0. The fraction of sp³-hybridized carbons (Fsp3) is 0.812. The second-order valence-electron chi connectivity index (χ2n) is 12.4. The summed E-state index contributed by atoms with van der Waals surface area (Å²) in [5.74, 6) is 4.72. The minimum atomic E-state index is -0.0524. The summed E-state index contributed by atoms with van der Waals surface area (Å²) in [5.41, 5.74) is 10.7. The quantitative estimate of drug-likeness (QED) is 0.237. The Morgan fingerprint density at radius 3 is 2.03 bits per heavy atom. The van der Waals surface area contributed by atoms with Gasteiger partial charge in [-0.1, -0.05) is 72.6 Å². The molecule has 0 radical (unpaired) electrons. The summed E-state index contributed by atoms with van der Waals surface area (Å²) in [4.78, 5) is 0. The van der Waals surface area contributed by atoms with Crippen LogP contribution >= 0.6 is 0 Å². The lowest BCUT2D eigenvalue weighted by Gasteiger charge is -2.38.